The molecule has 0 radical (unpaired) electrons. The fourth-order valence-corrected chi connectivity index (χ4v) is 11.8. The highest BCUT2D eigenvalue weighted by molar-refractivity contribution is 7.99. The van der Waals surface area contributed by atoms with Crippen LogP contribution < -0.4 is 16.0 Å². The minimum atomic E-state index is -3.83. The van der Waals surface area contributed by atoms with Crippen LogP contribution in [-0.2, 0) is 26.2 Å². The lowest BCUT2D eigenvalue weighted by Gasteiger charge is -2.39. The monoisotopic (exact) mass is 839 g/mol. The van der Waals surface area contributed by atoms with E-state index in [0.717, 1.165) is 77.4 Å². The molecule has 1 unspecified atom stereocenters. The van der Waals surface area contributed by atoms with Gasteiger partial charge in [0.25, 0.3) is 5.91 Å². The third-order valence-corrected chi connectivity index (χ3v) is 15.3. The summed E-state index contributed by atoms with van der Waals surface area (Å²) in [7, 11) is -3.83. The van der Waals surface area contributed by atoms with E-state index in [9.17, 15) is 27.9 Å². The molecule has 4 aliphatic rings. The molecule has 310 valence electrons. The maximum absolute atomic E-state index is 15.5. The van der Waals surface area contributed by atoms with Gasteiger partial charge in [0.15, 0.2) is 0 Å². The summed E-state index contributed by atoms with van der Waals surface area (Å²) in [4.78, 5) is 40.1. The van der Waals surface area contributed by atoms with E-state index in [1.54, 1.807) is 51.3 Å². The van der Waals surface area contributed by atoms with Gasteiger partial charge in [0.1, 0.15) is 11.9 Å². The highest BCUT2D eigenvalue weighted by Gasteiger charge is 2.48. The molecule has 4 aliphatic heterocycles. The minimum absolute atomic E-state index is 0.127. The van der Waals surface area contributed by atoms with Crippen LogP contribution in [0.1, 0.15) is 84.5 Å². The van der Waals surface area contributed by atoms with Gasteiger partial charge in [-0.1, -0.05) is 49.1 Å². The molecule has 4 aromatic rings. The third kappa shape index (κ3) is 8.37. The van der Waals surface area contributed by atoms with Crippen LogP contribution in [-0.4, -0.2) is 78.0 Å². The van der Waals surface area contributed by atoms with E-state index in [4.69, 9.17) is 0 Å². The largest absolute Gasteiger partial charge is 0.394 e. The van der Waals surface area contributed by atoms with E-state index in [0.29, 0.717) is 42.6 Å². The van der Waals surface area contributed by atoms with E-state index < -0.39 is 28.0 Å². The van der Waals surface area contributed by atoms with Crippen molar-refractivity contribution in [2.75, 3.05) is 36.1 Å². The summed E-state index contributed by atoms with van der Waals surface area (Å²) in [5, 5.41) is 19.5. The first-order valence-electron chi connectivity index (χ1n) is 20.6. The number of aryl methyl sites for hydroxylation is 1. The van der Waals surface area contributed by atoms with Gasteiger partial charge >= 0.3 is 0 Å². The Morgan fingerprint density at radius 3 is 2.51 bits per heavy atom. The maximum Gasteiger partial charge on any atom is 0.255 e. The predicted octanol–water partition coefficient (Wildman–Crippen LogP) is 7.26. The van der Waals surface area contributed by atoms with Crippen molar-refractivity contribution in [1.29, 1.82) is 0 Å². The molecule has 0 aromatic heterocycles. The normalized spacial score (nSPS) is 21.5. The molecule has 3 amide bonds. The van der Waals surface area contributed by atoms with Crippen LogP contribution in [0.2, 0.25) is 0 Å². The number of aliphatic hydroxyl groups is 1. The van der Waals surface area contributed by atoms with Gasteiger partial charge in [-0.3, -0.25) is 19.7 Å². The molecule has 4 N–H and O–H groups in total. The fourth-order valence-electron chi connectivity index (χ4n) is 9.02. The smallest absolute Gasteiger partial charge is 0.255 e. The van der Waals surface area contributed by atoms with Gasteiger partial charge in [0.2, 0.25) is 21.8 Å². The first kappa shape index (κ1) is 41.0. The van der Waals surface area contributed by atoms with Crippen molar-refractivity contribution in [1.82, 2.24) is 14.5 Å². The molecule has 8 rings (SSSR count). The van der Waals surface area contributed by atoms with Crippen molar-refractivity contribution < 1.29 is 32.3 Å². The Labute approximate surface area is 349 Å². The number of rotatable bonds is 15. The standard InChI is InChI=1S/C45H50FN5O6S2/c1-28-10-14-31(15-11-28)59(56,57)51-22-20-33-39(27-52)48-38-17-12-29(24-35(38)43(33)51)34-25-30(13-16-37(34)46)47-21-5-3-2-4-6-23-58-41-9-7-8-32-36(41)26-50(45(32)55)40-18-19-42(53)49-44(40)54/h7-17,24-25,33,39-40,43,47-48,52H,2-6,18-23,26-27H2,1H3,(H,49,53,54)/t33-,39-,40?,43-/m1/s1. The molecule has 11 nitrogen and oxygen atoms in total. The number of aliphatic hydroxyl groups excluding tert-OH is 1. The number of hydrogen-bond acceptors (Lipinski definition) is 9. The zero-order valence-corrected chi connectivity index (χ0v) is 34.7. The number of thioether (sulfide) groups is 1. The Morgan fingerprint density at radius 1 is 0.915 bits per heavy atom. The summed E-state index contributed by atoms with van der Waals surface area (Å²) in [5.74, 6) is -0.437. The molecule has 4 heterocycles. The first-order valence-corrected chi connectivity index (χ1v) is 23.0. The number of halogens is 1. The molecule has 2 fully saturated rings. The number of hydrogen-bond donors (Lipinski definition) is 4. The molecule has 4 atom stereocenters. The number of nitrogens with zero attached hydrogens (tertiary/aromatic N) is 2. The Kier molecular flexibility index (Phi) is 12.1. The van der Waals surface area contributed by atoms with E-state index >= 15 is 4.39 Å². The average Bonchev–Trinajstić information content (AvgIpc) is 3.83. The summed E-state index contributed by atoms with van der Waals surface area (Å²) in [6.45, 7) is 3.23. The van der Waals surface area contributed by atoms with Gasteiger partial charge in [-0.25, -0.2) is 12.8 Å². The van der Waals surface area contributed by atoms with Gasteiger partial charge < -0.3 is 20.6 Å². The summed E-state index contributed by atoms with van der Waals surface area (Å²) in [5.41, 5.74) is 5.98. The van der Waals surface area contributed by atoms with Gasteiger partial charge in [0, 0.05) is 59.4 Å². The minimum Gasteiger partial charge on any atom is -0.394 e. The van der Waals surface area contributed by atoms with Crippen LogP contribution in [0.25, 0.3) is 11.1 Å². The predicted molar refractivity (Wildman–Crippen MR) is 227 cm³/mol. The second-order valence-corrected chi connectivity index (χ2v) is 19.0. The topological polar surface area (TPSA) is 148 Å². The van der Waals surface area contributed by atoms with E-state index in [1.165, 1.54) is 6.07 Å². The van der Waals surface area contributed by atoms with Crippen molar-refractivity contribution in [2.24, 2.45) is 5.92 Å². The number of carbonyl (C=O) groups is 3. The molecular formula is C45H50FN5O6S2. The quantitative estimate of drug-likeness (QED) is 0.0552. The number of anilines is 2. The van der Waals surface area contributed by atoms with Crippen molar-refractivity contribution in [2.45, 2.75) is 92.8 Å². The Balaban J connectivity index is 0.835. The number of piperidine rings is 1. The van der Waals surface area contributed by atoms with E-state index in [1.807, 2.05) is 49.4 Å². The zero-order valence-electron chi connectivity index (χ0n) is 33.1. The summed E-state index contributed by atoms with van der Waals surface area (Å²) in [6, 6.07) is 21.8. The number of carbonyl (C=O) groups excluding carboxylic acids is 3. The van der Waals surface area contributed by atoms with E-state index in [-0.39, 0.29) is 47.5 Å². The highest BCUT2D eigenvalue weighted by Crippen LogP contribution is 2.49. The number of amides is 3. The average molecular weight is 840 g/mol. The van der Waals surface area contributed by atoms with Crippen molar-refractivity contribution in [3.63, 3.8) is 0 Å². The van der Waals surface area contributed by atoms with Crippen molar-refractivity contribution >= 4 is 50.9 Å². The molecule has 14 heteroatoms. The Bertz CT molecular complexity index is 2360. The Hall–Kier alpha value is -4.76. The second kappa shape index (κ2) is 17.5. The van der Waals surface area contributed by atoms with Gasteiger partial charge in [0.05, 0.1) is 23.6 Å². The van der Waals surface area contributed by atoms with Crippen LogP contribution in [0.4, 0.5) is 15.8 Å². The molecule has 0 aliphatic carbocycles. The first-order chi connectivity index (χ1) is 28.5. The second-order valence-electron chi connectivity index (χ2n) is 16.0. The van der Waals surface area contributed by atoms with Crippen LogP contribution in [0.15, 0.2) is 88.7 Å². The van der Waals surface area contributed by atoms with Gasteiger partial charge in [-0.15, -0.1) is 11.8 Å². The van der Waals surface area contributed by atoms with Gasteiger partial charge in [-0.05, 0) is 110 Å². The van der Waals surface area contributed by atoms with Crippen molar-refractivity contribution in [3.05, 3.63) is 107 Å². The number of nitrogens with one attached hydrogen (secondary N) is 3. The Morgan fingerprint density at radius 2 is 1.71 bits per heavy atom. The van der Waals surface area contributed by atoms with E-state index in [2.05, 4.69) is 16.0 Å². The number of imide groups is 1. The maximum atomic E-state index is 15.5. The summed E-state index contributed by atoms with van der Waals surface area (Å²) >= 11 is 1.74. The highest BCUT2D eigenvalue weighted by atomic mass is 32.2. The SMILES string of the molecule is Cc1ccc(S(=O)(=O)N2CC[C@@H]3[C@@H](CO)Nc4ccc(-c5cc(NCCCCCCCSc6cccc7c6CN(C6CCC(=O)NC6=O)C7=O)ccc5F)cc4[C@@H]32)cc1. The molecular weight excluding hydrogens is 790 g/mol. The number of fused-ring (bicyclic) bond motifs is 4. The third-order valence-electron chi connectivity index (χ3n) is 12.2. The summed E-state index contributed by atoms with van der Waals surface area (Å²) < 4.78 is 45.0. The van der Waals surface area contributed by atoms with Crippen LogP contribution >= 0.6 is 11.8 Å². The molecule has 4 aromatic carbocycles. The zero-order chi connectivity index (χ0) is 41.3. The summed E-state index contributed by atoms with van der Waals surface area (Å²) in [6.07, 6.45) is 6.35. The molecule has 0 spiro atoms. The molecule has 59 heavy (non-hydrogen) atoms. The van der Waals surface area contributed by atoms with Crippen LogP contribution in [0.5, 0.6) is 0 Å². The molecule has 0 saturated carbocycles. The van der Waals surface area contributed by atoms with Crippen molar-refractivity contribution in [3.8, 4) is 11.1 Å². The molecule has 2 saturated heterocycles. The lowest BCUT2D eigenvalue weighted by atomic mass is 9.82. The number of sulfonamides is 1. The fraction of sp³-hybridized carbons (Fsp3) is 0.400. The van der Waals surface area contributed by atoms with Crippen LogP contribution in [0, 0.1) is 18.7 Å². The van der Waals surface area contributed by atoms with Gasteiger partial charge in [-0.2, -0.15) is 4.31 Å². The lowest BCUT2D eigenvalue weighted by Crippen LogP contribution is -2.52. The lowest BCUT2D eigenvalue weighted by molar-refractivity contribution is -0.136. The number of benzene rings is 4. The molecule has 0 bridgehead atoms. The number of unbranched alkanes of at least 4 members (excludes halogenated alkanes) is 4. The van der Waals surface area contributed by atoms with Crippen LogP contribution in [0.3, 0.4) is 0 Å².